The maximum atomic E-state index is 12.5. The van der Waals surface area contributed by atoms with Crippen LogP contribution in [0, 0.1) is 13.8 Å². The number of hydrogen-bond acceptors (Lipinski definition) is 3. The zero-order valence-electron chi connectivity index (χ0n) is 19.2. The molecule has 4 nitrogen and oxygen atoms in total. The molecule has 0 fully saturated rings. The van der Waals surface area contributed by atoms with Crippen molar-refractivity contribution in [3.05, 3.63) is 123 Å². The van der Waals surface area contributed by atoms with E-state index in [-0.39, 0.29) is 5.91 Å². The van der Waals surface area contributed by atoms with Gasteiger partial charge in [0.1, 0.15) is 0 Å². The van der Waals surface area contributed by atoms with Crippen LogP contribution in [-0.2, 0) is 11.5 Å². The third-order valence-electron chi connectivity index (χ3n) is 5.50. The van der Waals surface area contributed by atoms with Crippen molar-refractivity contribution in [3.8, 4) is 5.69 Å². The minimum atomic E-state index is -0.222. The molecule has 4 aromatic rings. The molecule has 0 radical (unpaired) electrons. The lowest BCUT2D eigenvalue weighted by molar-refractivity contribution is 0.0955. The zero-order valence-corrected chi connectivity index (χ0v) is 21.6. The highest BCUT2D eigenvalue weighted by atomic mass is 79.9. The number of hydrogen-bond donors (Lipinski definition) is 1. The fraction of sp³-hybridized carbons (Fsp3) is 0.143. The largest absolute Gasteiger partial charge is 0.318 e. The van der Waals surface area contributed by atoms with Crippen LogP contribution in [0.25, 0.3) is 5.69 Å². The van der Waals surface area contributed by atoms with Crippen molar-refractivity contribution in [2.45, 2.75) is 25.4 Å². The summed E-state index contributed by atoms with van der Waals surface area (Å²) in [7, 11) is 0. The van der Waals surface area contributed by atoms with Gasteiger partial charge in [0, 0.05) is 44.2 Å². The van der Waals surface area contributed by atoms with Gasteiger partial charge in [-0.3, -0.25) is 4.79 Å². The Morgan fingerprint density at radius 3 is 2.35 bits per heavy atom. The molecule has 0 aliphatic rings. The Hall–Kier alpha value is -3.09. The standard InChI is InChI=1S/C28H26BrN3OS/c1-20-15-25(21(2)32(20)27-10-6-9-26(29)16-27)17-30-31-28(33)24-13-11-23(12-14-24)19-34-18-22-7-4-3-5-8-22/h3-17H,18-19H2,1-2H3,(H,31,33)/b30-17+. The Morgan fingerprint density at radius 2 is 1.65 bits per heavy atom. The summed E-state index contributed by atoms with van der Waals surface area (Å²) >= 11 is 5.39. The van der Waals surface area contributed by atoms with Crippen molar-refractivity contribution >= 4 is 39.8 Å². The lowest BCUT2D eigenvalue weighted by atomic mass is 10.1. The number of aryl methyl sites for hydroxylation is 1. The average molecular weight is 533 g/mol. The number of benzene rings is 3. The van der Waals surface area contributed by atoms with Gasteiger partial charge in [0.05, 0.1) is 6.21 Å². The van der Waals surface area contributed by atoms with Crippen molar-refractivity contribution in [2.75, 3.05) is 0 Å². The average Bonchev–Trinajstić information content (AvgIpc) is 3.13. The number of nitrogens with one attached hydrogen (secondary N) is 1. The van der Waals surface area contributed by atoms with Crippen molar-refractivity contribution in [1.29, 1.82) is 0 Å². The Labute approximate surface area is 213 Å². The summed E-state index contributed by atoms with van der Waals surface area (Å²) in [6.45, 7) is 4.11. The van der Waals surface area contributed by atoms with Gasteiger partial charge < -0.3 is 4.57 Å². The van der Waals surface area contributed by atoms with Gasteiger partial charge in [-0.15, -0.1) is 0 Å². The highest BCUT2D eigenvalue weighted by Crippen LogP contribution is 2.22. The molecule has 6 heteroatoms. The summed E-state index contributed by atoms with van der Waals surface area (Å²) in [6, 6.07) is 28.4. The summed E-state index contributed by atoms with van der Waals surface area (Å²) in [5, 5.41) is 4.20. The summed E-state index contributed by atoms with van der Waals surface area (Å²) in [5.74, 6) is 1.66. The highest BCUT2D eigenvalue weighted by molar-refractivity contribution is 9.10. The maximum Gasteiger partial charge on any atom is 0.271 e. The SMILES string of the molecule is Cc1cc(/C=N/NC(=O)c2ccc(CSCc3ccccc3)cc2)c(C)n1-c1cccc(Br)c1. The molecular formula is C28H26BrN3OS. The summed E-state index contributed by atoms with van der Waals surface area (Å²) < 4.78 is 3.20. The lowest BCUT2D eigenvalue weighted by Gasteiger charge is -2.09. The van der Waals surface area contributed by atoms with Crippen LogP contribution < -0.4 is 5.43 Å². The molecule has 0 saturated heterocycles. The Balaban J connectivity index is 1.34. The molecular weight excluding hydrogens is 506 g/mol. The van der Waals surface area contributed by atoms with Crippen LogP contribution in [0.2, 0.25) is 0 Å². The predicted octanol–water partition coefficient (Wildman–Crippen LogP) is 7.05. The first-order chi connectivity index (χ1) is 16.5. The number of amides is 1. The van der Waals surface area contributed by atoms with E-state index in [1.54, 1.807) is 6.21 Å². The van der Waals surface area contributed by atoms with Crippen LogP contribution in [0.3, 0.4) is 0 Å². The highest BCUT2D eigenvalue weighted by Gasteiger charge is 2.10. The fourth-order valence-electron chi connectivity index (χ4n) is 3.77. The summed E-state index contributed by atoms with van der Waals surface area (Å²) in [6.07, 6.45) is 1.70. The third kappa shape index (κ3) is 6.07. The van der Waals surface area contributed by atoms with Crippen LogP contribution in [0.1, 0.15) is 38.4 Å². The van der Waals surface area contributed by atoms with Gasteiger partial charge in [0.25, 0.3) is 5.91 Å². The van der Waals surface area contributed by atoms with Gasteiger partial charge in [-0.2, -0.15) is 16.9 Å². The second-order valence-corrected chi connectivity index (χ2v) is 9.92. The molecule has 34 heavy (non-hydrogen) atoms. The van der Waals surface area contributed by atoms with E-state index in [1.807, 2.05) is 61.2 Å². The van der Waals surface area contributed by atoms with E-state index in [2.05, 4.69) is 80.4 Å². The molecule has 1 N–H and O–H groups in total. The topological polar surface area (TPSA) is 46.4 Å². The fourth-order valence-corrected chi connectivity index (χ4v) is 5.11. The van der Waals surface area contributed by atoms with Crippen molar-refractivity contribution in [1.82, 2.24) is 9.99 Å². The molecule has 1 heterocycles. The quantitative estimate of drug-likeness (QED) is 0.195. The predicted molar refractivity (Wildman–Crippen MR) is 146 cm³/mol. The maximum absolute atomic E-state index is 12.5. The van der Waals surface area contributed by atoms with Gasteiger partial charge in [-0.1, -0.05) is 64.5 Å². The van der Waals surface area contributed by atoms with E-state index in [9.17, 15) is 4.79 Å². The van der Waals surface area contributed by atoms with E-state index < -0.39 is 0 Å². The van der Waals surface area contributed by atoms with Crippen LogP contribution in [0.4, 0.5) is 0 Å². The van der Waals surface area contributed by atoms with E-state index in [1.165, 1.54) is 11.1 Å². The van der Waals surface area contributed by atoms with Gasteiger partial charge in [-0.25, -0.2) is 5.43 Å². The lowest BCUT2D eigenvalue weighted by Crippen LogP contribution is -2.17. The molecule has 0 aliphatic heterocycles. The molecule has 1 amide bonds. The molecule has 172 valence electrons. The van der Waals surface area contributed by atoms with Crippen LogP contribution in [-0.4, -0.2) is 16.7 Å². The van der Waals surface area contributed by atoms with E-state index in [0.29, 0.717) is 5.56 Å². The molecule has 0 saturated carbocycles. The number of halogens is 1. The molecule has 0 aliphatic carbocycles. The van der Waals surface area contributed by atoms with E-state index in [0.717, 1.165) is 38.6 Å². The first kappa shape index (κ1) is 24.0. The van der Waals surface area contributed by atoms with Crippen molar-refractivity contribution in [3.63, 3.8) is 0 Å². The van der Waals surface area contributed by atoms with Crippen LogP contribution in [0.15, 0.2) is 94.5 Å². The molecule has 0 bridgehead atoms. The van der Waals surface area contributed by atoms with Crippen molar-refractivity contribution < 1.29 is 4.79 Å². The summed E-state index contributed by atoms with van der Waals surface area (Å²) in [5.41, 5.74) is 9.95. The number of thioether (sulfide) groups is 1. The van der Waals surface area contributed by atoms with Gasteiger partial charge >= 0.3 is 0 Å². The second kappa shape index (κ2) is 11.4. The van der Waals surface area contributed by atoms with Gasteiger partial charge in [0.2, 0.25) is 0 Å². The number of carbonyl (C=O) groups excluding carboxylic acids is 1. The molecule has 0 spiro atoms. The Bertz CT molecular complexity index is 1300. The van der Waals surface area contributed by atoms with Gasteiger partial charge in [0.15, 0.2) is 0 Å². The summed E-state index contributed by atoms with van der Waals surface area (Å²) in [4.78, 5) is 12.5. The second-order valence-electron chi connectivity index (χ2n) is 8.02. The Morgan fingerprint density at radius 1 is 0.941 bits per heavy atom. The molecule has 1 aromatic heterocycles. The number of nitrogens with zero attached hydrogens (tertiary/aromatic N) is 2. The molecule has 0 atom stereocenters. The van der Waals surface area contributed by atoms with E-state index >= 15 is 0 Å². The third-order valence-corrected chi connectivity index (χ3v) is 7.07. The smallest absolute Gasteiger partial charge is 0.271 e. The minimum absolute atomic E-state index is 0.222. The molecule has 0 unspecified atom stereocenters. The number of aromatic nitrogens is 1. The molecule has 3 aromatic carbocycles. The van der Waals surface area contributed by atoms with E-state index in [4.69, 9.17) is 0 Å². The van der Waals surface area contributed by atoms with Crippen molar-refractivity contribution in [2.24, 2.45) is 5.10 Å². The van der Waals surface area contributed by atoms with Crippen LogP contribution in [0.5, 0.6) is 0 Å². The molecule has 4 rings (SSSR count). The van der Waals surface area contributed by atoms with Crippen LogP contribution >= 0.6 is 27.7 Å². The first-order valence-corrected chi connectivity index (χ1v) is 12.9. The zero-order chi connectivity index (χ0) is 23.9. The Kier molecular flexibility index (Phi) is 8.03. The minimum Gasteiger partial charge on any atom is -0.318 e. The monoisotopic (exact) mass is 531 g/mol. The van der Waals surface area contributed by atoms with Gasteiger partial charge in [-0.05, 0) is 61.4 Å². The number of rotatable bonds is 8. The first-order valence-electron chi connectivity index (χ1n) is 11.0. The number of hydrazone groups is 1. The number of carbonyl (C=O) groups is 1. The normalized spacial score (nSPS) is 11.1.